The molecule has 3 N–H and O–H groups in total. The number of anilines is 1. The topological polar surface area (TPSA) is 152 Å². The van der Waals surface area contributed by atoms with Crippen LogP contribution < -0.4 is 20.5 Å². The number of H-pyrrole nitrogens is 1. The van der Waals surface area contributed by atoms with Crippen molar-refractivity contribution in [1.82, 2.24) is 9.97 Å². The Morgan fingerprint density at radius 2 is 2.13 bits per heavy atom. The van der Waals surface area contributed by atoms with Crippen molar-refractivity contribution in [3.8, 4) is 11.5 Å². The number of aromatic amines is 1. The molecule has 0 fully saturated rings. The van der Waals surface area contributed by atoms with Crippen LogP contribution in [0.4, 0.5) is 11.6 Å². The minimum Gasteiger partial charge on any atom is -0.490 e. The number of aliphatic hydroxyl groups is 1. The summed E-state index contributed by atoms with van der Waals surface area (Å²) in [6.45, 7) is 5.79. The van der Waals surface area contributed by atoms with E-state index in [0.717, 1.165) is 0 Å². The lowest BCUT2D eigenvalue weighted by molar-refractivity contribution is -0.386. The number of aliphatic hydroxyl groups excluding tert-OH is 1. The molecule has 0 radical (unpaired) electrons. The van der Waals surface area contributed by atoms with Gasteiger partial charge in [-0.1, -0.05) is 6.92 Å². The Hall–Kier alpha value is -3.47. The Bertz CT molecular complexity index is 973. The summed E-state index contributed by atoms with van der Waals surface area (Å²) in [5, 5.41) is 24.5. The van der Waals surface area contributed by atoms with E-state index in [2.05, 4.69) is 20.5 Å². The first kappa shape index (κ1) is 22.8. The van der Waals surface area contributed by atoms with Crippen LogP contribution in [0, 0.1) is 17.0 Å². The molecule has 0 unspecified atom stereocenters. The maximum Gasteiger partial charge on any atom is 0.315 e. The van der Waals surface area contributed by atoms with Gasteiger partial charge in [0.2, 0.25) is 11.7 Å². The number of rotatable bonds is 11. The third kappa shape index (κ3) is 5.77. The van der Waals surface area contributed by atoms with Crippen molar-refractivity contribution in [1.29, 1.82) is 0 Å². The maximum atomic E-state index is 12.0. The lowest BCUT2D eigenvalue weighted by Crippen LogP contribution is -2.19. The van der Waals surface area contributed by atoms with E-state index in [1.54, 1.807) is 19.9 Å². The molecule has 1 heterocycles. The van der Waals surface area contributed by atoms with Crippen molar-refractivity contribution in [2.24, 2.45) is 5.10 Å². The minimum absolute atomic E-state index is 0.0786. The van der Waals surface area contributed by atoms with Gasteiger partial charge in [0.05, 0.1) is 30.0 Å². The fraction of sp³-hybridized carbons (Fsp3) is 0.421. The summed E-state index contributed by atoms with van der Waals surface area (Å²) < 4.78 is 11.0. The molecule has 0 atom stereocenters. The van der Waals surface area contributed by atoms with Crippen molar-refractivity contribution in [3.05, 3.63) is 49.4 Å². The van der Waals surface area contributed by atoms with Gasteiger partial charge in [-0.3, -0.25) is 19.9 Å². The number of aromatic nitrogens is 2. The first-order valence-corrected chi connectivity index (χ1v) is 9.48. The van der Waals surface area contributed by atoms with E-state index in [4.69, 9.17) is 14.6 Å². The number of nitro benzene ring substituents is 1. The molecule has 11 heteroatoms. The molecule has 0 saturated carbocycles. The Balaban J connectivity index is 2.30. The number of nitrogens with one attached hydrogen (secondary N) is 2. The third-order valence-corrected chi connectivity index (χ3v) is 3.97. The van der Waals surface area contributed by atoms with Crippen molar-refractivity contribution in [2.75, 3.05) is 25.2 Å². The first-order valence-electron chi connectivity index (χ1n) is 9.48. The lowest BCUT2D eigenvalue weighted by Gasteiger charge is -2.12. The van der Waals surface area contributed by atoms with Crippen molar-refractivity contribution in [3.63, 3.8) is 0 Å². The van der Waals surface area contributed by atoms with Gasteiger partial charge in [-0.05, 0) is 26.3 Å². The van der Waals surface area contributed by atoms with E-state index in [1.807, 2.05) is 6.92 Å². The minimum atomic E-state index is -0.541. The quantitative estimate of drug-likeness (QED) is 0.285. The second-order valence-corrected chi connectivity index (χ2v) is 6.23. The highest BCUT2D eigenvalue weighted by atomic mass is 16.6. The van der Waals surface area contributed by atoms with Gasteiger partial charge in [-0.2, -0.15) is 5.10 Å². The Labute approximate surface area is 172 Å². The number of nitrogens with zero attached hydrogens (tertiary/aromatic N) is 3. The Morgan fingerprint density at radius 1 is 1.37 bits per heavy atom. The van der Waals surface area contributed by atoms with Crippen LogP contribution in [0.15, 0.2) is 22.0 Å². The Kier molecular flexibility index (Phi) is 8.29. The van der Waals surface area contributed by atoms with Gasteiger partial charge in [-0.25, -0.2) is 10.4 Å². The summed E-state index contributed by atoms with van der Waals surface area (Å²) >= 11 is 0. The predicted octanol–water partition coefficient (Wildman–Crippen LogP) is 2.15. The van der Waals surface area contributed by atoms with Gasteiger partial charge in [0.1, 0.15) is 0 Å². The molecule has 1 aromatic heterocycles. The molecule has 11 nitrogen and oxygen atoms in total. The molecule has 30 heavy (non-hydrogen) atoms. The molecule has 0 amide bonds. The van der Waals surface area contributed by atoms with Crippen LogP contribution in [0.25, 0.3) is 0 Å². The molecule has 1 aromatic carbocycles. The van der Waals surface area contributed by atoms with Crippen molar-refractivity contribution >= 4 is 17.9 Å². The zero-order valence-electron chi connectivity index (χ0n) is 17.1. The van der Waals surface area contributed by atoms with E-state index in [9.17, 15) is 14.9 Å². The predicted molar refractivity (Wildman–Crippen MR) is 112 cm³/mol. The van der Waals surface area contributed by atoms with E-state index < -0.39 is 4.92 Å². The number of hydrogen-bond donors (Lipinski definition) is 3. The summed E-state index contributed by atoms with van der Waals surface area (Å²) in [6, 6.07) is 2.91. The summed E-state index contributed by atoms with van der Waals surface area (Å²) in [4.78, 5) is 29.7. The lowest BCUT2D eigenvalue weighted by atomic mass is 10.2. The molecule has 162 valence electrons. The molecular formula is C19H25N5O6. The van der Waals surface area contributed by atoms with Crippen LogP contribution in [-0.2, 0) is 6.42 Å². The van der Waals surface area contributed by atoms with Crippen molar-refractivity contribution < 1.29 is 19.5 Å². The summed E-state index contributed by atoms with van der Waals surface area (Å²) in [5.41, 5.74) is 3.25. The monoisotopic (exact) mass is 419 g/mol. The van der Waals surface area contributed by atoms with E-state index in [0.29, 0.717) is 36.5 Å². The maximum absolute atomic E-state index is 12.0. The molecule has 0 aliphatic heterocycles. The smallest absolute Gasteiger partial charge is 0.315 e. The van der Waals surface area contributed by atoms with E-state index >= 15 is 0 Å². The fourth-order valence-corrected chi connectivity index (χ4v) is 2.67. The molecular weight excluding hydrogens is 394 g/mol. The number of aryl methyl sites for hydroxylation is 1. The summed E-state index contributed by atoms with van der Waals surface area (Å²) in [5.74, 6) is 0.435. The number of hydrazone groups is 1. The van der Waals surface area contributed by atoms with Crippen molar-refractivity contribution in [2.45, 2.75) is 33.6 Å². The highest BCUT2D eigenvalue weighted by molar-refractivity contribution is 5.83. The fourth-order valence-electron chi connectivity index (χ4n) is 2.67. The zero-order chi connectivity index (χ0) is 22.1. The molecule has 0 spiro atoms. The highest BCUT2D eigenvalue weighted by Gasteiger charge is 2.22. The van der Waals surface area contributed by atoms with Gasteiger partial charge < -0.3 is 14.6 Å². The van der Waals surface area contributed by atoms with Crippen LogP contribution in [-0.4, -0.2) is 46.0 Å². The van der Waals surface area contributed by atoms with Gasteiger partial charge in [0.15, 0.2) is 5.75 Å². The standard InChI is InChI=1S/C19H25N5O6/c1-4-8-30-17-15(24(27)28)9-13(10-16(17)29-5-2)11-20-23-19-21-12(3)14(6-7-25)18(26)22-19/h9-11,25H,4-8H2,1-3H3,(H2,21,22,23,26)/b20-11-. The van der Waals surface area contributed by atoms with Gasteiger partial charge in [0, 0.05) is 30.2 Å². The number of hydrogen-bond acceptors (Lipinski definition) is 9. The molecule has 2 rings (SSSR count). The van der Waals surface area contributed by atoms with Gasteiger partial charge in [0.25, 0.3) is 5.56 Å². The van der Waals surface area contributed by atoms with Gasteiger partial charge in [-0.15, -0.1) is 0 Å². The third-order valence-electron chi connectivity index (χ3n) is 3.97. The molecule has 0 aliphatic rings. The molecule has 0 saturated heterocycles. The van der Waals surface area contributed by atoms with E-state index in [-0.39, 0.29) is 41.7 Å². The van der Waals surface area contributed by atoms with Crippen LogP contribution in [0.1, 0.15) is 37.1 Å². The van der Waals surface area contributed by atoms with Crippen LogP contribution in [0.2, 0.25) is 0 Å². The van der Waals surface area contributed by atoms with Crippen LogP contribution in [0.5, 0.6) is 11.5 Å². The summed E-state index contributed by atoms with van der Waals surface area (Å²) in [6.07, 6.45) is 2.24. The first-order chi connectivity index (χ1) is 14.4. The van der Waals surface area contributed by atoms with Crippen LogP contribution in [0.3, 0.4) is 0 Å². The number of benzene rings is 1. The second-order valence-electron chi connectivity index (χ2n) is 6.23. The average Bonchev–Trinajstić information content (AvgIpc) is 2.70. The molecule has 0 aliphatic carbocycles. The molecule has 0 bridgehead atoms. The average molecular weight is 419 g/mol. The molecule has 2 aromatic rings. The normalized spacial score (nSPS) is 10.9. The van der Waals surface area contributed by atoms with Crippen LogP contribution >= 0.6 is 0 Å². The summed E-state index contributed by atoms with van der Waals surface area (Å²) in [7, 11) is 0. The number of ether oxygens (including phenoxy) is 2. The second kappa shape index (κ2) is 10.9. The zero-order valence-corrected chi connectivity index (χ0v) is 17.1. The Morgan fingerprint density at radius 3 is 2.73 bits per heavy atom. The largest absolute Gasteiger partial charge is 0.490 e. The number of nitro groups is 1. The highest BCUT2D eigenvalue weighted by Crippen LogP contribution is 2.38. The van der Waals surface area contributed by atoms with Gasteiger partial charge >= 0.3 is 5.69 Å². The van der Waals surface area contributed by atoms with E-state index in [1.165, 1.54) is 12.3 Å². The SMILES string of the molecule is CCCOc1c(OCC)cc(/C=N\Nc2nc(C)c(CCO)c(=O)[nH]2)cc1[N+](=O)[O-].